The molecule has 152 valence electrons. The Morgan fingerprint density at radius 1 is 0.964 bits per heavy atom. The molecular weight excluding hydrogens is 391 g/mol. The predicted octanol–water partition coefficient (Wildman–Crippen LogP) is 2.16. The van der Waals surface area contributed by atoms with Crippen molar-refractivity contribution in [2.24, 2.45) is 0 Å². The number of benzene rings is 2. The summed E-state index contributed by atoms with van der Waals surface area (Å²) in [7, 11) is 0.329. The lowest BCUT2D eigenvalue weighted by Crippen LogP contribution is -2.27. The topological polar surface area (TPSA) is 103 Å². The second kappa shape index (κ2) is 9.38. The van der Waals surface area contributed by atoms with E-state index >= 15 is 0 Å². The van der Waals surface area contributed by atoms with Crippen LogP contribution in [-0.2, 0) is 14.8 Å². The molecule has 0 aliphatic rings. The SMILES string of the molecule is COc1ccc(NC(=O)CCNS(=O)(=O)c2ccc(OC)c(OC)c2)cc1F. The molecule has 0 aliphatic heterocycles. The molecule has 2 aromatic rings. The standard InChI is InChI=1S/C18H21FN2O6S/c1-25-15-6-4-12(10-14(15)19)21-18(22)8-9-20-28(23,24)13-5-7-16(26-2)17(11-13)27-3/h4-7,10-11,20H,8-9H2,1-3H3,(H,21,22). The van der Waals surface area contributed by atoms with Gasteiger partial charge in [0.2, 0.25) is 15.9 Å². The Bertz CT molecular complexity index is 949. The quantitative estimate of drug-likeness (QED) is 0.654. The van der Waals surface area contributed by atoms with Gasteiger partial charge in [-0.15, -0.1) is 0 Å². The minimum absolute atomic E-state index is 0.0252. The van der Waals surface area contributed by atoms with Crippen LogP contribution < -0.4 is 24.2 Å². The normalized spacial score (nSPS) is 11.0. The number of sulfonamides is 1. The van der Waals surface area contributed by atoms with E-state index < -0.39 is 21.7 Å². The Hall–Kier alpha value is -2.85. The van der Waals surface area contributed by atoms with Gasteiger partial charge in [-0.2, -0.15) is 0 Å². The zero-order valence-electron chi connectivity index (χ0n) is 15.6. The number of hydrogen-bond donors (Lipinski definition) is 2. The van der Waals surface area contributed by atoms with Crippen LogP contribution in [0.4, 0.5) is 10.1 Å². The number of nitrogens with one attached hydrogen (secondary N) is 2. The molecule has 0 spiro atoms. The maximum atomic E-state index is 13.6. The molecule has 1 amide bonds. The first-order valence-electron chi connectivity index (χ1n) is 8.15. The van der Waals surface area contributed by atoms with Crippen LogP contribution in [0.1, 0.15) is 6.42 Å². The Labute approximate surface area is 162 Å². The minimum Gasteiger partial charge on any atom is -0.494 e. The third-order valence-electron chi connectivity index (χ3n) is 3.75. The van der Waals surface area contributed by atoms with Crippen LogP contribution in [0.3, 0.4) is 0 Å². The molecule has 2 N–H and O–H groups in total. The van der Waals surface area contributed by atoms with E-state index in [1.807, 2.05) is 0 Å². The van der Waals surface area contributed by atoms with E-state index in [2.05, 4.69) is 10.0 Å². The molecule has 0 saturated heterocycles. The number of carbonyl (C=O) groups excluding carboxylic acids is 1. The van der Waals surface area contributed by atoms with E-state index in [-0.39, 0.29) is 35.0 Å². The number of halogens is 1. The van der Waals surface area contributed by atoms with Crippen molar-refractivity contribution in [2.75, 3.05) is 33.2 Å². The molecular formula is C18H21FN2O6S. The van der Waals surface area contributed by atoms with Crippen LogP contribution in [-0.4, -0.2) is 42.2 Å². The van der Waals surface area contributed by atoms with E-state index in [0.29, 0.717) is 5.75 Å². The fourth-order valence-electron chi connectivity index (χ4n) is 2.33. The van der Waals surface area contributed by atoms with Gasteiger partial charge in [0.15, 0.2) is 23.1 Å². The van der Waals surface area contributed by atoms with Crippen LogP contribution in [0.2, 0.25) is 0 Å². The molecule has 10 heteroatoms. The molecule has 2 rings (SSSR count). The Kier molecular flexibility index (Phi) is 7.18. The number of carbonyl (C=O) groups is 1. The summed E-state index contributed by atoms with van der Waals surface area (Å²) < 4.78 is 55.6. The molecule has 8 nitrogen and oxygen atoms in total. The van der Waals surface area contributed by atoms with E-state index in [9.17, 15) is 17.6 Å². The van der Waals surface area contributed by atoms with Gasteiger partial charge in [0.05, 0.1) is 26.2 Å². The highest BCUT2D eigenvalue weighted by Gasteiger charge is 2.17. The highest BCUT2D eigenvalue weighted by Crippen LogP contribution is 2.29. The highest BCUT2D eigenvalue weighted by molar-refractivity contribution is 7.89. The smallest absolute Gasteiger partial charge is 0.240 e. The van der Waals surface area contributed by atoms with E-state index in [0.717, 1.165) is 6.07 Å². The molecule has 0 saturated carbocycles. The number of methoxy groups -OCH3 is 3. The highest BCUT2D eigenvalue weighted by atomic mass is 32.2. The summed E-state index contributed by atoms with van der Waals surface area (Å²) in [6, 6.07) is 8.13. The average molecular weight is 412 g/mol. The van der Waals surface area contributed by atoms with Crippen molar-refractivity contribution in [1.82, 2.24) is 4.72 Å². The molecule has 0 atom stereocenters. The van der Waals surface area contributed by atoms with Gasteiger partial charge >= 0.3 is 0 Å². The van der Waals surface area contributed by atoms with Gasteiger partial charge in [-0.3, -0.25) is 4.79 Å². The Morgan fingerprint density at radius 3 is 2.21 bits per heavy atom. The van der Waals surface area contributed by atoms with Crippen LogP contribution in [0.25, 0.3) is 0 Å². The van der Waals surface area contributed by atoms with Gasteiger partial charge in [-0.05, 0) is 24.3 Å². The molecule has 28 heavy (non-hydrogen) atoms. The average Bonchev–Trinajstić information content (AvgIpc) is 2.67. The second-order valence-corrected chi connectivity index (χ2v) is 7.33. The first kappa shape index (κ1) is 21.5. The zero-order valence-corrected chi connectivity index (χ0v) is 16.4. The molecule has 2 aromatic carbocycles. The third kappa shape index (κ3) is 5.33. The third-order valence-corrected chi connectivity index (χ3v) is 5.20. The van der Waals surface area contributed by atoms with Crippen LogP contribution in [0, 0.1) is 5.82 Å². The van der Waals surface area contributed by atoms with Crippen molar-refractivity contribution in [3.05, 3.63) is 42.2 Å². The number of rotatable bonds is 9. The summed E-state index contributed by atoms with van der Waals surface area (Å²) in [4.78, 5) is 11.9. The number of amides is 1. The van der Waals surface area contributed by atoms with Gasteiger partial charge in [-0.25, -0.2) is 17.5 Å². The largest absolute Gasteiger partial charge is 0.494 e. The molecule has 0 unspecified atom stereocenters. The van der Waals surface area contributed by atoms with Crippen molar-refractivity contribution in [3.8, 4) is 17.2 Å². The monoisotopic (exact) mass is 412 g/mol. The van der Waals surface area contributed by atoms with Crippen LogP contribution in [0.5, 0.6) is 17.2 Å². The van der Waals surface area contributed by atoms with Gasteiger partial charge < -0.3 is 19.5 Å². The molecule has 0 aromatic heterocycles. The van der Waals surface area contributed by atoms with Crippen molar-refractivity contribution in [3.63, 3.8) is 0 Å². The molecule has 0 aliphatic carbocycles. The summed E-state index contributed by atoms with van der Waals surface area (Å²) in [5.74, 6) is -0.369. The van der Waals surface area contributed by atoms with Gasteiger partial charge in [-0.1, -0.05) is 0 Å². The lowest BCUT2D eigenvalue weighted by molar-refractivity contribution is -0.116. The summed E-state index contributed by atoms with van der Waals surface area (Å²) in [5, 5.41) is 2.49. The summed E-state index contributed by atoms with van der Waals surface area (Å²) in [6.07, 6.45) is -0.139. The predicted molar refractivity (Wildman–Crippen MR) is 101 cm³/mol. The van der Waals surface area contributed by atoms with E-state index in [4.69, 9.17) is 14.2 Å². The van der Waals surface area contributed by atoms with Gasteiger partial charge in [0.1, 0.15) is 0 Å². The van der Waals surface area contributed by atoms with Crippen molar-refractivity contribution in [1.29, 1.82) is 0 Å². The van der Waals surface area contributed by atoms with Crippen LogP contribution >= 0.6 is 0 Å². The number of ether oxygens (including phenoxy) is 3. The second-order valence-electron chi connectivity index (χ2n) is 5.56. The molecule has 0 heterocycles. The van der Waals surface area contributed by atoms with Crippen LogP contribution in [0.15, 0.2) is 41.3 Å². The minimum atomic E-state index is -3.84. The van der Waals surface area contributed by atoms with Crippen molar-refractivity contribution in [2.45, 2.75) is 11.3 Å². The van der Waals surface area contributed by atoms with Gasteiger partial charge in [0.25, 0.3) is 0 Å². The lowest BCUT2D eigenvalue weighted by Gasteiger charge is -2.11. The molecule has 0 bridgehead atoms. The Balaban J connectivity index is 1.94. The number of anilines is 1. The van der Waals surface area contributed by atoms with Crippen molar-refractivity contribution < 1.29 is 31.8 Å². The fourth-order valence-corrected chi connectivity index (χ4v) is 3.38. The van der Waals surface area contributed by atoms with Crippen molar-refractivity contribution >= 4 is 21.6 Å². The maximum absolute atomic E-state index is 13.6. The zero-order chi connectivity index (χ0) is 20.7. The first-order valence-corrected chi connectivity index (χ1v) is 9.64. The maximum Gasteiger partial charge on any atom is 0.240 e. The first-order chi connectivity index (χ1) is 13.3. The Morgan fingerprint density at radius 2 is 1.61 bits per heavy atom. The molecule has 0 fully saturated rings. The van der Waals surface area contributed by atoms with E-state index in [1.54, 1.807) is 0 Å². The fraction of sp³-hybridized carbons (Fsp3) is 0.278. The lowest BCUT2D eigenvalue weighted by atomic mass is 10.2. The van der Waals surface area contributed by atoms with Gasteiger partial charge in [0, 0.05) is 30.8 Å². The van der Waals surface area contributed by atoms with E-state index in [1.165, 1.54) is 51.7 Å². The molecule has 0 radical (unpaired) electrons. The summed E-state index contributed by atoms with van der Waals surface area (Å²) >= 11 is 0. The number of hydrogen-bond acceptors (Lipinski definition) is 6. The summed E-state index contributed by atoms with van der Waals surface area (Å²) in [5.41, 5.74) is 0.242. The summed E-state index contributed by atoms with van der Waals surface area (Å²) in [6.45, 7) is -0.138.